The molecule has 25 heavy (non-hydrogen) atoms. The van der Waals surface area contributed by atoms with Crippen molar-refractivity contribution >= 4 is 16.9 Å². The maximum atomic E-state index is 12.3. The van der Waals surface area contributed by atoms with Crippen molar-refractivity contribution in [1.82, 2.24) is 14.9 Å². The first kappa shape index (κ1) is 17.1. The molecule has 0 aliphatic rings. The highest BCUT2D eigenvalue weighted by Crippen LogP contribution is 2.30. The number of aromatic amines is 1. The van der Waals surface area contributed by atoms with Gasteiger partial charge in [-0.15, -0.1) is 0 Å². The van der Waals surface area contributed by atoms with Crippen molar-refractivity contribution < 1.29 is 14.6 Å². The summed E-state index contributed by atoms with van der Waals surface area (Å²) in [6.45, 7) is 0.881. The van der Waals surface area contributed by atoms with Crippen molar-refractivity contribution in [3.05, 3.63) is 60.0 Å². The van der Waals surface area contributed by atoms with Gasteiger partial charge in [0, 0.05) is 29.8 Å². The standard InChI is InChI=1S/C19H21N3O3/c1-22(2)11-9-13-12-21-14-7-5-8-16(17(13)14)25-19(24)18(23)15-6-3-4-10-20-15/h3-8,10,12,18,21,23H,9,11H2,1-2H3. The number of pyridine rings is 1. The number of H-pyrrole nitrogens is 1. The minimum absolute atomic E-state index is 0.265. The van der Waals surface area contributed by atoms with Crippen LogP contribution in [0.4, 0.5) is 0 Å². The summed E-state index contributed by atoms with van der Waals surface area (Å²) in [6.07, 6.45) is 2.86. The predicted octanol–water partition coefficient (Wildman–Crippen LogP) is 2.31. The largest absolute Gasteiger partial charge is 0.424 e. The minimum Gasteiger partial charge on any atom is -0.424 e. The first-order valence-corrected chi connectivity index (χ1v) is 8.10. The van der Waals surface area contributed by atoms with E-state index in [9.17, 15) is 9.90 Å². The molecule has 130 valence electrons. The number of fused-ring (bicyclic) bond motifs is 1. The van der Waals surface area contributed by atoms with E-state index in [0.717, 1.165) is 29.4 Å². The van der Waals surface area contributed by atoms with Crippen molar-refractivity contribution in [3.63, 3.8) is 0 Å². The summed E-state index contributed by atoms with van der Waals surface area (Å²) in [7, 11) is 4.03. The SMILES string of the molecule is CN(C)CCc1c[nH]c2cccc(OC(=O)C(O)c3ccccn3)c12. The van der Waals surface area contributed by atoms with E-state index in [-0.39, 0.29) is 5.69 Å². The van der Waals surface area contributed by atoms with E-state index in [4.69, 9.17) is 4.74 Å². The van der Waals surface area contributed by atoms with E-state index >= 15 is 0 Å². The summed E-state index contributed by atoms with van der Waals surface area (Å²) in [5, 5.41) is 11.0. The third-order valence-electron chi connectivity index (χ3n) is 3.98. The van der Waals surface area contributed by atoms with Crippen LogP contribution in [0, 0.1) is 0 Å². The van der Waals surface area contributed by atoms with E-state index in [2.05, 4.69) is 14.9 Å². The van der Waals surface area contributed by atoms with Crippen LogP contribution < -0.4 is 4.74 Å². The molecule has 0 spiro atoms. The fourth-order valence-corrected chi connectivity index (χ4v) is 2.67. The van der Waals surface area contributed by atoms with Gasteiger partial charge in [-0.1, -0.05) is 12.1 Å². The highest BCUT2D eigenvalue weighted by Gasteiger charge is 2.22. The molecule has 0 bridgehead atoms. The molecule has 0 amide bonds. The van der Waals surface area contributed by atoms with Crippen molar-refractivity contribution in [2.24, 2.45) is 0 Å². The van der Waals surface area contributed by atoms with Gasteiger partial charge in [-0.2, -0.15) is 0 Å². The minimum atomic E-state index is -1.42. The van der Waals surface area contributed by atoms with Gasteiger partial charge in [-0.25, -0.2) is 4.79 Å². The third kappa shape index (κ3) is 3.87. The Hall–Kier alpha value is -2.70. The fraction of sp³-hybridized carbons (Fsp3) is 0.263. The van der Waals surface area contributed by atoms with Crippen molar-refractivity contribution in [1.29, 1.82) is 0 Å². The quantitative estimate of drug-likeness (QED) is 0.532. The van der Waals surface area contributed by atoms with Crippen LogP contribution in [0.3, 0.4) is 0 Å². The van der Waals surface area contributed by atoms with Gasteiger partial charge in [-0.3, -0.25) is 4.98 Å². The number of hydrogen-bond donors (Lipinski definition) is 2. The van der Waals surface area contributed by atoms with Gasteiger partial charge >= 0.3 is 5.97 Å². The fourth-order valence-electron chi connectivity index (χ4n) is 2.67. The van der Waals surface area contributed by atoms with Crippen LogP contribution in [-0.4, -0.2) is 46.6 Å². The van der Waals surface area contributed by atoms with Crippen LogP contribution in [0.2, 0.25) is 0 Å². The summed E-state index contributed by atoms with van der Waals surface area (Å²) in [5.41, 5.74) is 2.23. The number of carbonyl (C=O) groups excluding carboxylic acids is 1. The molecule has 0 aliphatic carbocycles. The predicted molar refractivity (Wildman–Crippen MR) is 95.4 cm³/mol. The van der Waals surface area contributed by atoms with Gasteiger partial charge in [0.2, 0.25) is 0 Å². The molecule has 0 saturated carbocycles. The van der Waals surface area contributed by atoms with Gasteiger partial charge in [0.1, 0.15) is 5.75 Å². The van der Waals surface area contributed by atoms with Gasteiger partial charge in [0.25, 0.3) is 0 Å². The number of nitrogens with one attached hydrogen (secondary N) is 1. The van der Waals surface area contributed by atoms with E-state index in [1.165, 1.54) is 6.20 Å². The number of aliphatic hydroxyl groups excluding tert-OH is 1. The lowest BCUT2D eigenvalue weighted by Crippen LogP contribution is -2.19. The molecule has 2 N–H and O–H groups in total. The Kier molecular flexibility index (Phi) is 5.11. The lowest BCUT2D eigenvalue weighted by Gasteiger charge is -2.12. The summed E-state index contributed by atoms with van der Waals surface area (Å²) < 4.78 is 5.49. The summed E-state index contributed by atoms with van der Waals surface area (Å²) >= 11 is 0. The molecule has 0 fully saturated rings. The summed E-state index contributed by atoms with van der Waals surface area (Å²) in [4.78, 5) is 21.6. The Bertz CT molecular complexity index is 859. The van der Waals surface area contributed by atoms with Crippen LogP contribution in [0.1, 0.15) is 17.4 Å². The molecule has 0 aliphatic heterocycles. The van der Waals surface area contributed by atoms with Crippen LogP contribution >= 0.6 is 0 Å². The summed E-state index contributed by atoms with van der Waals surface area (Å²) in [5.74, 6) is -0.307. The second-order valence-corrected chi connectivity index (χ2v) is 6.12. The number of esters is 1. The molecule has 3 aromatic rings. The zero-order valence-electron chi connectivity index (χ0n) is 14.3. The Morgan fingerprint density at radius 3 is 2.84 bits per heavy atom. The highest BCUT2D eigenvalue weighted by atomic mass is 16.5. The monoisotopic (exact) mass is 339 g/mol. The molecule has 2 heterocycles. The van der Waals surface area contributed by atoms with Crippen LogP contribution in [0.5, 0.6) is 5.75 Å². The molecule has 1 aromatic carbocycles. The smallest absolute Gasteiger partial charge is 0.346 e. The van der Waals surface area contributed by atoms with Gasteiger partial charge < -0.3 is 19.7 Å². The van der Waals surface area contributed by atoms with E-state index in [1.54, 1.807) is 24.3 Å². The first-order valence-electron chi connectivity index (χ1n) is 8.10. The topological polar surface area (TPSA) is 78.5 Å². The Morgan fingerprint density at radius 1 is 1.28 bits per heavy atom. The third-order valence-corrected chi connectivity index (χ3v) is 3.98. The number of hydrogen-bond acceptors (Lipinski definition) is 5. The number of carbonyl (C=O) groups is 1. The highest BCUT2D eigenvalue weighted by molar-refractivity contribution is 5.92. The molecule has 6 nitrogen and oxygen atoms in total. The molecule has 1 atom stereocenters. The zero-order valence-corrected chi connectivity index (χ0v) is 14.3. The van der Waals surface area contributed by atoms with Crippen LogP contribution in [0.15, 0.2) is 48.8 Å². The maximum absolute atomic E-state index is 12.3. The number of ether oxygens (including phenoxy) is 1. The average Bonchev–Trinajstić information content (AvgIpc) is 3.04. The molecule has 1 unspecified atom stereocenters. The van der Waals surface area contributed by atoms with E-state index in [0.29, 0.717) is 5.75 Å². The number of rotatable bonds is 6. The Balaban J connectivity index is 1.85. The van der Waals surface area contributed by atoms with Crippen molar-refractivity contribution in [3.8, 4) is 5.75 Å². The van der Waals surface area contributed by atoms with Gasteiger partial charge in [0.05, 0.1) is 5.69 Å². The molecule has 2 aromatic heterocycles. The molecule has 6 heteroatoms. The Labute approximate surface area is 146 Å². The maximum Gasteiger partial charge on any atom is 0.346 e. The number of likely N-dealkylation sites (N-methyl/N-ethyl adjacent to an activating group) is 1. The van der Waals surface area contributed by atoms with E-state index < -0.39 is 12.1 Å². The number of nitrogens with zero attached hydrogens (tertiary/aromatic N) is 2. The van der Waals surface area contributed by atoms with Crippen LogP contribution in [0.25, 0.3) is 10.9 Å². The molecular weight excluding hydrogens is 318 g/mol. The average molecular weight is 339 g/mol. The summed E-state index contributed by atoms with van der Waals surface area (Å²) in [6, 6.07) is 10.5. The van der Waals surface area contributed by atoms with Gasteiger partial charge in [-0.05, 0) is 50.3 Å². The van der Waals surface area contributed by atoms with Crippen LogP contribution in [-0.2, 0) is 11.2 Å². The lowest BCUT2D eigenvalue weighted by atomic mass is 10.1. The molecule has 3 rings (SSSR count). The van der Waals surface area contributed by atoms with Crippen molar-refractivity contribution in [2.75, 3.05) is 20.6 Å². The molecule has 0 saturated heterocycles. The first-order chi connectivity index (χ1) is 12.1. The number of aromatic nitrogens is 2. The molecular formula is C19H21N3O3. The number of benzene rings is 1. The van der Waals surface area contributed by atoms with Crippen molar-refractivity contribution in [2.45, 2.75) is 12.5 Å². The Morgan fingerprint density at radius 2 is 2.12 bits per heavy atom. The lowest BCUT2D eigenvalue weighted by molar-refractivity contribution is -0.144. The second kappa shape index (κ2) is 7.46. The second-order valence-electron chi connectivity index (χ2n) is 6.12. The zero-order chi connectivity index (χ0) is 17.8. The normalized spacial score (nSPS) is 12.5. The molecule has 0 radical (unpaired) electrons. The van der Waals surface area contributed by atoms with Gasteiger partial charge in [0.15, 0.2) is 6.10 Å². The number of aliphatic hydroxyl groups is 1. The van der Waals surface area contributed by atoms with E-state index in [1.807, 2.05) is 32.4 Å².